The summed E-state index contributed by atoms with van der Waals surface area (Å²) in [6, 6.07) is 4.80. The number of nitrogens with one attached hydrogen (secondary N) is 1. The van der Waals surface area contributed by atoms with Crippen molar-refractivity contribution in [2.24, 2.45) is 0 Å². The Bertz CT molecular complexity index is 526. The molecule has 1 aromatic carbocycles. The molecule has 4 nitrogen and oxygen atoms in total. The highest BCUT2D eigenvalue weighted by Crippen LogP contribution is 2.25. The molecule has 0 radical (unpaired) electrons. The van der Waals surface area contributed by atoms with Crippen LogP contribution in [0.3, 0.4) is 0 Å². The fraction of sp³-hybridized carbons (Fsp3) is 0.500. The minimum absolute atomic E-state index is 0.0701. The highest BCUT2D eigenvalue weighted by atomic mass is 79.9. The lowest BCUT2D eigenvalue weighted by atomic mass is 9.94. The second-order valence-corrected chi connectivity index (χ2v) is 6.83. The van der Waals surface area contributed by atoms with E-state index in [2.05, 4.69) is 20.7 Å². The van der Waals surface area contributed by atoms with E-state index < -0.39 is 21.4 Å². The van der Waals surface area contributed by atoms with Crippen molar-refractivity contribution in [3.63, 3.8) is 0 Å². The third-order valence-electron chi connectivity index (χ3n) is 3.18. The predicted molar refractivity (Wildman–Crippen MR) is 73.3 cm³/mol. The maximum Gasteiger partial charge on any atom is 0.241 e. The normalized spacial score (nSPS) is 19.3. The van der Waals surface area contributed by atoms with Gasteiger partial charge < -0.3 is 4.74 Å². The first-order valence-electron chi connectivity index (χ1n) is 5.91. The predicted octanol–water partition coefficient (Wildman–Crippen LogP) is 2.05. The lowest BCUT2D eigenvalue weighted by molar-refractivity contribution is 0.0557. The van der Waals surface area contributed by atoms with Crippen LogP contribution in [0.25, 0.3) is 0 Å². The van der Waals surface area contributed by atoms with Crippen LogP contribution < -0.4 is 4.72 Å². The Labute approximate surface area is 120 Å². The van der Waals surface area contributed by atoms with Crippen LogP contribution in [-0.4, -0.2) is 32.5 Å². The van der Waals surface area contributed by atoms with E-state index in [4.69, 9.17) is 4.74 Å². The van der Waals surface area contributed by atoms with Crippen LogP contribution in [0.15, 0.2) is 29.2 Å². The molecule has 0 bridgehead atoms. The first-order valence-corrected chi connectivity index (χ1v) is 8.51. The van der Waals surface area contributed by atoms with Crippen LogP contribution in [-0.2, 0) is 14.8 Å². The van der Waals surface area contributed by atoms with Crippen molar-refractivity contribution in [1.82, 2.24) is 4.72 Å². The van der Waals surface area contributed by atoms with Crippen molar-refractivity contribution >= 4 is 26.0 Å². The van der Waals surface area contributed by atoms with Gasteiger partial charge in [0, 0.05) is 24.1 Å². The molecule has 1 heterocycles. The molecule has 1 fully saturated rings. The molecular weight excluding hydrogens is 337 g/mol. The molecule has 106 valence electrons. The number of alkyl halides is 1. The van der Waals surface area contributed by atoms with Crippen LogP contribution in [0, 0.1) is 5.82 Å². The maximum absolute atomic E-state index is 12.8. The zero-order chi connectivity index (χ0) is 13.9. The minimum Gasteiger partial charge on any atom is -0.381 e. The van der Waals surface area contributed by atoms with Gasteiger partial charge in [0.15, 0.2) is 0 Å². The molecule has 1 aliphatic rings. The third kappa shape index (κ3) is 3.53. The van der Waals surface area contributed by atoms with Gasteiger partial charge in [-0.3, -0.25) is 0 Å². The molecule has 1 saturated heterocycles. The van der Waals surface area contributed by atoms with Gasteiger partial charge in [0.05, 0.1) is 4.90 Å². The van der Waals surface area contributed by atoms with E-state index in [1.165, 1.54) is 12.1 Å². The summed E-state index contributed by atoms with van der Waals surface area (Å²) in [5.41, 5.74) is -0.536. The molecule has 0 amide bonds. The van der Waals surface area contributed by atoms with Gasteiger partial charge >= 0.3 is 0 Å². The van der Waals surface area contributed by atoms with Crippen LogP contribution in [0.4, 0.5) is 4.39 Å². The number of hydrogen-bond donors (Lipinski definition) is 1. The summed E-state index contributed by atoms with van der Waals surface area (Å²) in [7, 11) is -3.65. The van der Waals surface area contributed by atoms with E-state index in [0.29, 0.717) is 31.4 Å². The summed E-state index contributed by atoms with van der Waals surface area (Å²) in [6.45, 7) is 1.05. The van der Waals surface area contributed by atoms with E-state index in [1.807, 2.05) is 0 Å². The summed E-state index contributed by atoms with van der Waals surface area (Å²) in [6.07, 6.45) is 1.22. The first-order chi connectivity index (χ1) is 8.97. The smallest absolute Gasteiger partial charge is 0.241 e. The highest BCUT2D eigenvalue weighted by Gasteiger charge is 2.36. The molecular formula is C12H15BrFNO3S. The largest absolute Gasteiger partial charge is 0.381 e. The Hall–Kier alpha value is -0.500. The second kappa shape index (κ2) is 5.87. The van der Waals surface area contributed by atoms with Crippen molar-refractivity contribution in [3.8, 4) is 0 Å². The van der Waals surface area contributed by atoms with Gasteiger partial charge in [0.1, 0.15) is 5.82 Å². The fourth-order valence-electron chi connectivity index (χ4n) is 1.98. The van der Waals surface area contributed by atoms with Crippen LogP contribution in [0.2, 0.25) is 0 Å². The lowest BCUT2D eigenvalue weighted by Gasteiger charge is -2.36. The zero-order valence-corrected chi connectivity index (χ0v) is 12.6. The Morgan fingerprint density at radius 2 is 1.84 bits per heavy atom. The molecule has 0 aliphatic carbocycles. The first kappa shape index (κ1) is 14.9. The van der Waals surface area contributed by atoms with Crippen molar-refractivity contribution in [3.05, 3.63) is 30.1 Å². The molecule has 7 heteroatoms. The van der Waals surface area contributed by atoms with Crippen LogP contribution in [0.5, 0.6) is 0 Å². The molecule has 0 atom stereocenters. The van der Waals surface area contributed by atoms with Gasteiger partial charge in [-0.15, -0.1) is 0 Å². The Morgan fingerprint density at radius 1 is 1.26 bits per heavy atom. The van der Waals surface area contributed by atoms with Gasteiger partial charge in [-0.1, -0.05) is 15.9 Å². The monoisotopic (exact) mass is 351 g/mol. The SMILES string of the molecule is O=S(=O)(NC1(CBr)CCOCC1)c1ccc(F)cc1. The van der Waals surface area contributed by atoms with Crippen molar-refractivity contribution in [2.45, 2.75) is 23.3 Å². The van der Waals surface area contributed by atoms with E-state index in [9.17, 15) is 12.8 Å². The summed E-state index contributed by atoms with van der Waals surface area (Å²) < 4.78 is 45.4. The standard InChI is InChI=1S/C12H15BrFNO3S/c13-9-12(5-7-18-8-6-12)15-19(16,17)11-3-1-10(14)2-4-11/h1-4,15H,5-9H2. The number of rotatable bonds is 4. The molecule has 2 rings (SSSR count). The quantitative estimate of drug-likeness (QED) is 0.844. The molecule has 0 aromatic heterocycles. The van der Waals surface area contributed by atoms with E-state index in [-0.39, 0.29) is 4.90 Å². The fourth-order valence-corrected chi connectivity index (χ4v) is 4.33. The number of sulfonamides is 1. The second-order valence-electron chi connectivity index (χ2n) is 4.59. The number of benzene rings is 1. The van der Waals surface area contributed by atoms with Crippen molar-refractivity contribution in [1.29, 1.82) is 0 Å². The molecule has 0 unspecified atom stereocenters. The molecule has 1 N–H and O–H groups in total. The average Bonchev–Trinajstić information content (AvgIpc) is 2.40. The van der Waals surface area contributed by atoms with Gasteiger partial charge in [-0.25, -0.2) is 17.5 Å². The van der Waals surface area contributed by atoms with Crippen LogP contribution in [0.1, 0.15) is 12.8 Å². The Morgan fingerprint density at radius 3 is 2.37 bits per heavy atom. The Balaban J connectivity index is 2.22. The zero-order valence-electron chi connectivity index (χ0n) is 10.2. The average molecular weight is 352 g/mol. The minimum atomic E-state index is -3.65. The summed E-state index contributed by atoms with van der Waals surface area (Å²) in [4.78, 5) is 0.0701. The molecule has 1 aliphatic heterocycles. The summed E-state index contributed by atoms with van der Waals surface area (Å²) >= 11 is 3.36. The molecule has 0 spiro atoms. The highest BCUT2D eigenvalue weighted by molar-refractivity contribution is 9.09. The van der Waals surface area contributed by atoms with Gasteiger partial charge in [-0.2, -0.15) is 0 Å². The summed E-state index contributed by atoms with van der Waals surface area (Å²) in [5.74, 6) is -0.458. The summed E-state index contributed by atoms with van der Waals surface area (Å²) in [5, 5.41) is 0.518. The van der Waals surface area contributed by atoms with Crippen LogP contribution >= 0.6 is 15.9 Å². The molecule has 0 saturated carbocycles. The van der Waals surface area contributed by atoms with Crippen molar-refractivity contribution < 1.29 is 17.5 Å². The number of hydrogen-bond acceptors (Lipinski definition) is 3. The number of ether oxygens (including phenoxy) is 1. The van der Waals surface area contributed by atoms with E-state index in [1.54, 1.807) is 0 Å². The molecule has 1 aromatic rings. The maximum atomic E-state index is 12.8. The van der Waals surface area contributed by atoms with Crippen molar-refractivity contribution in [2.75, 3.05) is 18.5 Å². The lowest BCUT2D eigenvalue weighted by Crippen LogP contribution is -2.53. The topological polar surface area (TPSA) is 55.4 Å². The van der Waals surface area contributed by atoms with Gasteiger partial charge in [-0.05, 0) is 37.1 Å². The number of halogens is 2. The third-order valence-corrected chi connectivity index (χ3v) is 5.85. The Kier molecular flexibility index (Phi) is 4.60. The van der Waals surface area contributed by atoms with E-state index in [0.717, 1.165) is 12.1 Å². The molecule has 19 heavy (non-hydrogen) atoms. The van der Waals surface area contributed by atoms with Gasteiger partial charge in [0.2, 0.25) is 10.0 Å². The van der Waals surface area contributed by atoms with E-state index >= 15 is 0 Å². The van der Waals surface area contributed by atoms with Gasteiger partial charge in [0.25, 0.3) is 0 Å².